The molecular formula is C24H24N2O2. The molecule has 3 aromatic carbocycles. The number of ether oxygens (including phenoxy) is 1. The van der Waals surface area contributed by atoms with Crippen LogP contribution in [0.25, 0.3) is 0 Å². The fraction of sp³-hybridized carbons (Fsp3) is 0.167. The summed E-state index contributed by atoms with van der Waals surface area (Å²) in [6, 6.07) is 25.5. The number of hydrogen-bond donors (Lipinski definition) is 1. The molecule has 0 aliphatic heterocycles. The monoisotopic (exact) mass is 372 g/mol. The Kier molecular flexibility index (Phi) is 6.96. The van der Waals surface area contributed by atoms with Crippen molar-refractivity contribution in [3.05, 3.63) is 101 Å². The second-order valence-electron chi connectivity index (χ2n) is 6.31. The maximum Gasteiger partial charge on any atom is 0.271 e. The van der Waals surface area contributed by atoms with E-state index in [1.54, 1.807) is 6.21 Å². The molecule has 0 unspecified atom stereocenters. The molecule has 0 aliphatic rings. The van der Waals surface area contributed by atoms with E-state index >= 15 is 0 Å². The molecule has 0 atom stereocenters. The maximum absolute atomic E-state index is 12.6. The molecule has 28 heavy (non-hydrogen) atoms. The van der Waals surface area contributed by atoms with E-state index in [0.717, 1.165) is 29.7 Å². The molecule has 0 aliphatic carbocycles. The first-order chi connectivity index (χ1) is 13.8. The number of hydrogen-bond acceptors (Lipinski definition) is 3. The van der Waals surface area contributed by atoms with E-state index in [1.165, 1.54) is 5.56 Å². The van der Waals surface area contributed by atoms with Gasteiger partial charge in [-0.25, -0.2) is 5.43 Å². The van der Waals surface area contributed by atoms with Gasteiger partial charge >= 0.3 is 0 Å². The van der Waals surface area contributed by atoms with Gasteiger partial charge in [0.05, 0.1) is 12.8 Å². The molecule has 0 saturated carbocycles. The van der Waals surface area contributed by atoms with Crippen LogP contribution in [-0.2, 0) is 12.8 Å². The number of benzene rings is 3. The number of para-hydroxylation sites is 1. The van der Waals surface area contributed by atoms with Crippen LogP contribution in [0.3, 0.4) is 0 Å². The molecule has 0 spiro atoms. The number of nitrogens with zero attached hydrogens (tertiary/aromatic N) is 1. The molecule has 3 aromatic rings. The Morgan fingerprint density at radius 1 is 0.929 bits per heavy atom. The van der Waals surface area contributed by atoms with Crippen LogP contribution >= 0.6 is 0 Å². The highest BCUT2D eigenvalue weighted by molar-refractivity contribution is 5.96. The minimum Gasteiger partial charge on any atom is -0.493 e. The van der Waals surface area contributed by atoms with Gasteiger partial charge < -0.3 is 4.74 Å². The Morgan fingerprint density at radius 3 is 2.46 bits per heavy atom. The number of carbonyl (C=O) groups is 1. The SMILES string of the molecule is CCOc1ccccc1C=NNC(=O)c1ccccc1CCc1ccccc1. The van der Waals surface area contributed by atoms with E-state index in [2.05, 4.69) is 22.7 Å². The molecule has 4 nitrogen and oxygen atoms in total. The fourth-order valence-corrected chi connectivity index (χ4v) is 2.98. The summed E-state index contributed by atoms with van der Waals surface area (Å²) >= 11 is 0. The molecule has 0 fully saturated rings. The van der Waals surface area contributed by atoms with Gasteiger partial charge in [0.2, 0.25) is 0 Å². The van der Waals surface area contributed by atoms with E-state index in [9.17, 15) is 4.79 Å². The average Bonchev–Trinajstić information content (AvgIpc) is 2.74. The lowest BCUT2D eigenvalue weighted by molar-refractivity contribution is 0.0954. The van der Waals surface area contributed by atoms with Crippen molar-refractivity contribution in [3.8, 4) is 5.75 Å². The van der Waals surface area contributed by atoms with Crippen LogP contribution in [0.5, 0.6) is 5.75 Å². The zero-order valence-electron chi connectivity index (χ0n) is 16.0. The first-order valence-corrected chi connectivity index (χ1v) is 9.45. The van der Waals surface area contributed by atoms with Gasteiger partial charge in [0.1, 0.15) is 5.75 Å². The molecule has 0 saturated heterocycles. The Morgan fingerprint density at radius 2 is 1.64 bits per heavy atom. The molecule has 0 bridgehead atoms. The van der Waals surface area contributed by atoms with Crippen LogP contribution in [-0.4, -0.2) is 18.7 Å². The summed E-state index contributed by atoms with van der Waals surface area (Å²) in [5.41, 5.74) is 6.36. The number of nitrogens with one attached hydrogen (secondary N) is 1. The molecule has 0 heterocycles. The van der Waals surface area contributed by atoms with Gasteiger partial charge in [-0.05, 0) is 49.1 Å². The third-order valence-electron chi connectivity index (χ3n) is 4.38. The van der Waals surface area contributed by atoms with Crippen LogP contribution in [0.2, 0.25) is 0 Å². The molecule has 1 amide bonds. The Balaban J connectivity index is 1.66. The summed E-state index contributed by atoms with van der Waals surface area (Å²) in [5.74, 6) is 0.528. The summed E-state index contributed by atoms with van der Waals surface area (Å²) in [5, 5.41) is 4.12. The standard InChI is InChI=1S/C24H24N2O2/c1-2-28-23-15-9-7-13-21(23)18-25-26-24(27)22-14-8-6-12-20(22)17-16-19-10-4-3-5-11-19/h3-15,18H,2,16-17H2,1H3,(H,26,27). The molecule has 142 valence electrons. The number of rotatable bonds is 8. The molecule has 0 radical (unpaired) electrons. The smallest absolute Gasteiger partial charge is 0.271 e. The lowest BCUT2D eigenvalue weighted by Crippen LogP contribution is -2.19. The Bertz CT molecular complexity index is 936. The molecular weight excluding hydrogens is 348 g/mol. The summed E-state index contributed by atoms with van der Waals surface area (Å²) < 4.78 is 5.57. The minimum absolute atomic E-state index is 0.214. The summed E-state index contributed by atoms with van der Waals surface area (Å²) in [7, 11) is 0. The highest BCUT2D eigenvalue weighted by atomic mass is 16.5. The van der Waals surface area contributed by atoms with Gasteiger partial charge in [-0.3, -0.25) is 4.79 Å². The quantitative estimate of drug-likeness (QED) is 0.463. The third kappa shape index (κ3) is 5.30. The van der Waals surface area contributed by atoms with Gasteiger partial charge in [0.15, 0.2) is 0 Å². The fourth-order valence-electron chi connectivity index (χ4n) is 2.98. The molecule has 1 N–H and O–H groups in total. The lowest BCUT2D eigenvalue weighted by atomic mass is 9.99. The largest absolute Gasteiger partial charge is 0.493 e. The van der Waals surface area contributed by atoms with Crippen molar-refractivity contribution < 1.29 is 9.53 Å². The van der Waals surface area contributed by atoms with Crippen LogP contribution in [0.15, 0.2) is 84.0 Å². The highest BCUT2D eigenvalue weighted by Gasteiger charge is 2.10. The predicted octanol–water partition coefficient (Wildman–Crippen LogP) is 4.63. The predicted molar refractivity (Wildman–Crippen MR) is 113 cm³/mol. The van der Waals surface area contributed by atoms with Crippen molar-refractivity contribution in [2.24, 2.45) is 5.10 Å². The van der Waals surface area contributed by atoms with Gasteiger partial charge in [-0.15, -0.1) is 0 Å². The van der Waals surface area contributed by atoms with E-state index in [1.807, 2.05) is 73.7 Å². The van der Waals surface area contributed by atoms with E-state index in [-0.39, 0.29) is 5.91 Å². The van der Waals surface area contributed by atoms with Crippen molar-refractivity contribution in [2.45, 2.75) is 19.8 Å². The second kappa shape index (κ2) is 10.1. The topological polar surface area (TPSA) is 50.7 Å². The normalized spacial score (nSPS) is 10.8. The zero-order valence-corrected chi connectivity index (χ0v) is 16.0. The van der Waals surface area contributed by atoms with Crippen molar-refractivity contribution >= 4 is 12.1 Å². The average molecular weight is 372 g/mol. The highest BCUT2D eigenvalue weighted by Crippen LogP contribution is 2.16. The van der Waals surface area contributed by atoms with Crippen molar-refractivity contribution in [3.63, 3.8) is 0 Å². The van der Waals surface area contributed by atoms with Crippen molar-refractivity contribution in [2.75, 3.05) is 6.61 Å². The van der Waals surface area contributed by atoms with E-state index < -0.39 is 0 Å². The van der Waals surface area contributed by atoms with Crippen molar-refractivity contribution in [1.29, 1.82) is 0 Å². The Labute approximate surface area is 165 Å². The van der Waals surface area contributed by atoms with Gasteiger partial charge in [0.25, 0.3) is 5.91 Å². The molecule has 4 heteroatoms. The number of aryl methyl sites for hydroxylation is 2. The number of amides is 1. The minimum atomic E-state index is -0.214. The first-order valence-electron chi connectivity index (χ1n) is 9.45. The van der Waals surface area contributed by atoms with Crippen LogP contribution in [0.1, 0.15) is 34.0 Å². The lowest BCUT2D eigenvalue weighted by Gasteiger charge is -2.09. The molecule has 0 aromatic heterocycles. The van der Waals surface area contributed by atoms with Crippen LogP contribution < -0.4 is 10.2 Å². The van der Waals surface area contributed by atoms with Crippen molar-refractivity contribution in [1.82, 2.24) is 5.43 Å². The second-order valence-corrected chi connectivity index (χ2v) is 6.31. The molecule has 3 rings (SSSR count). The Hall–Kier alpha value is -3.40. The number of carbonyl (C=O) groups excluding carboxylic acids is 1. The van der Waals surface area contributed by atoms with Crippen LogP contribution in [0.4, 0.5) is 0 Å². The summed E-state index contributed by atoms with van der Waals surface area (Å²) in [6.07, 6.45) is 3.29. The summed E-state index contributed by atoms with van der Waals surface area (Å²) in [4.78, 5) is 12.6. The van der Waals surface area contributed by atoms with E-state index in [0.29, 0.717) is 12.2 Å². The number of hydrazone groups is 1. The zero-order chi connectivity index (χ0) is 19.6. The third-order valence-corrected chi connectivity index (χ3v) is 4.38. The van der Waals surface area contributed by atoms with Gasteiger partial charge in [-0.1, -0.05) is 60.7 Å². The first kappa shape index (κ1) is 19.4. The van der Waals surface area contributed by atoms with E-state index in [4.69, 9.17) is 4.74 Å². The maximum atomic E-state index is 12.6. The summed E-state index contributed by atoms with van der Waals surface area (Å²) in [6.45, 7) is 2.51. The van der Waals surface area contributed by atoms with Gasteiger partial charge in [0, 0.05) is 11.1 Å². The van der Waals surface area contributed by atoms with Crippen LogP contribution in [0, 0.1) is 0 Å². The van der Waals surface area contributed by atoms with Gasteiger partial charge in [-0.2, -0.15) is 5.10 Å².